The number of fused-ring (bicyclic) bond motifs is 1. The predicted molar refractivity (Wildman–Crippen MR) is 74.0 cm³/mol. The van der Waals surface area contributed by atoms with Gasteiger partial charge in [-0.1, -0.05) is 18.2 Å². The molecule has 2 aromatic rings. The zero-order chi connectivity index (χ0) is 13.8. The molecule has 1 atom stereocenters. The highest BCUT2D eigenvalue weighted by atomic mass is 16.3. The Kier molecular flexibility index (Phi) is 4.16. The number of para-hydroxylation sites is 1. The molecule has 1 unspecified atom stereocenters. The molecule has 0 fully saturated rings. The van der Waals surface area contributed by atoms with Crippen molar-refractivity contribution in [1.29, 1.82) is 0 Å². The van der Waals surface area contributed by atoms with E-state index in [2.05, 4.69) is 10.4 Å². The van der Waals surface area contributed by atoms with Crippen LogP contribution in [-0.4, -0.2) is 33.4 Å². The number of aryl methyl sites for hydroxylation is 1. The molecule has 0 aliphatic carbocycles. The molecule has 0 saturated carbocycles. The third-order valence-electron chi connectivity index (χ3n) is 3.06. The van der Waals surface area contributed by atoms with Crippen LogP contribution in [0, 0.1) is 0 Å². The first kappa shape index (κ1) is 13.5. The van der Waals surface area contributed by atoms with Gasteiger partial charge in [0.25, 0.3) is 5.91 Å². The molecule has 1 aromatic carbocycles. The lowest BCUT2D eigenvalue weighted by atomic mass is 10.2. The highest BCUT2D eigenvalue weighted by Crippen LogP contribution is 2.17. The van der Waals surface area contributed by atoms with Crippen molar-refractivity contribution in [2.24, 2.45) is 7.05 Å². The average molecular weight is 261 g/mol. The lowest BCUT2D eigenvalue weighted by Gasteiger charge is -2.05. The first-order valence-electron chi connectivity index (χ1n) is 6.47. The number of amides is 1. The van der Waals surface area contributed by atoms with Gasteiger partial charge in [-0.2, -0.15) is 5.10 Å². The van der Waals surface area contributed by atoms with Crippen LogP contribution in [0.25, 0.3) is 10.9 Å². The normalized spacial score (nSPS) is 12.6. The van der Waals surface area contributed by atoms with Gasteiger partial charge in [-0.3, -0.25) is 9.48 Å². The molecular formula is C14H19N3O2. The van der Waals surface area contributed by atoms with Gasteiger partial charge in [-0.25, -0.2) is 0 Å². The summed E-state index contributed by atoms with van der Waals surface area (Å²) in [5.41, 5.74) is 1.40. The molecule has 0 spiro atoms. The second-order valence-electron chi connectivity index (χ2n) is 4.74. The minimum atomic E-state index is -0.326. The third-order valence-corrected chi connectivity index (χ3v) is 3.06. The van der Waals surface area contributed by atoms with Crippen molar-refractivity contribution in [3.63, 3.8) is 0 Å². The summed E-state index contributed by atoms with van der Waals surface area (Å²) in [6, 6.07) is 7.65. The van der Waals surface area contributed by atoms with E-state index in [1.54, 1.807) is 11.6 Å². The minimum Gasteiger partial charge on any atom is -0.393 e. The Labute approximate surface area is 112 Å². The number of nitrogens with one attached hydrogen (secondary N) is 1. The standard InChI is InChI=1S/C14H19N3O2/c1-10(18)6-5-9-15-14(19)13-11-7-3-4-8-12(11)17(2)16-13/h3-4,7-8,10,18H,5-6,9H2,1-2H3,(H,15,19). The summed E-state index contributed by atoms with van der Waals surface area (Å²) in [6.45, 7) is 2.29. The summed E-state index contributed by atoms with van der Waals surface area (Å²) in [6.07, 6.45) is 1.12. The molecule has 1 aromatic heterocycles. The number of benzene rings is 1. The fourth-order valence-electron chi connectivity index (χ4n) is 2.06. The largest absolute Gasteiger partial charge is 0.393 e. The maximum atomic E-state index is 12.1. The monoisotopic (exact) mass is 261 g/mol. The molecule has 19 heavy (non-hydrogen) atoms. The summed E-state index contributed by atoms with van der Waals surface area (Å²) in [7, 11) is 1.83. The van der Waals surface area contributed by atoms with Gasteiger partial charge in [-0.05, 0) is 25.8 Å². The molecule has 5 heteroatoms. The highest BCUT2D eigenvalue weighted by Gasteiger charge is 2.14. The number of aliphatic hydroxyl groups excluding tert-OH is 1. The van der Waals surface area contributed by atoms with Gasteiger partial charge in [0.1, 0.15) is 0 Å². The second-order valence-corrected chi connectivity index (χ2v) is 4.74. The zero-order valence-electron chi connectivity index (χ0n) is 11.3. The minimum absolute atomic E-state index is 0.164. The van der Waals surface area contributed by atoms with E-state index < -0.39 is 0 Å². The predicted octanol–water partition coefficient (Wildman–Crippen LogP) is 1.46. The van der Waals surface area contributed by atoms with Gasteiger partial charge < -0.3 is 10.4 Å². The van der Waals surface area contributed by atoms with E-state index in [0.717, 1.165) is 17.3 Å². The Morgan fingerprint density at radius 1 is 1.47 bits per heavy atom. The zero-order valence-corrected chi connectivity index (χ0v) is 11.3. The number of aromatic nitrogens is 2. The van der Waals surface area contributed by atoms with Gasteiger partial charge in [0.05, 0.1) is 11.6 Å². The Hall–Kier alpha value is -1.88. The molecule has 102 valence electrons. The smallest absolute Gasteiger partial charge is 0.272 e. The number of carbonyl (C=O) groups is 1. The van der Waals surface area contributed by atoms with Crippen LogP contribution >= 0.6 is 0 Å². The van der Waals surface area contributed by atoms with E-state index in [1.807, 2.05) is 31.3 Å². The van der Waals surface area contributed by atoms with Gasteiger partial charge in [0.15, 0.2) is 5.69 Å². The van der Waals surface area contributed by atoms with Crippen molar-refractivity contribution in [2.45, 2.75) is 25.9 Å². The summed E-state index contributed by atoms with van der Waals surface area (Å²) >= 11 is 0. The van der Waals surface area contributed by atoms with Crippen molar-refractivity contribution < 1.29 is 9.90 Å². The number of hydrogen-bond donors (Lipinski definition) is 2. The SMILES string of the molecule is CC(O)CCCNC(=O)c1nn(C)c2ccccc12. The molecule has 0 aliphatic rings. The van der Waals surface area contributed by atoms with Crippen LogP contribution in [0.15, 0.2) is 24.3 Å². The quantitative estimate of drug-likeness (QED) is 0.801. The highest BCUT2D eigenvalue weighted by molar-refractivity contribution is 6.04. The van der Waals surface area contributed by atoms with Crippen molar-refractivity contribution in [3.05, 3.63) is 30.0 Å². The van der Waals surface area contributed by atoms with Crippen LogP contribution in [0.1, 0.15) is 30.3 Å². The number of nitrogens with zero attached hydrogens (tertiary/aromatic N) is 2. The Balaban J connectivity index is 2.05. The number of aliphatic hydroxyl groups is 1. The Morgan fingerprint density at radius 3 is 2.95 bits per heavy atom. The van der Waals surface area contributed by atoms with Gasteiger partial charge in [0.2, 0.25) is 0 Å². The van der Waals surface area contributed by atoms with Gasteiger partial charge in [0, 0.05) is 19.0 Å². The molecule has 0 radical (unpaired) electrons. The molecule has 5 nitrogen and oxygen atoms in total. The lowest BCUT2D eigenvalue weighted by molar-refractivity contribution is 0.0945. The van der Waals surface area contributed by atoms with Crippen LogP contribution in [0.3, 0.4) is 0 Å². The summed E-state index contributed by atoms with van der Waals surface area (Å²) in [4.78, 5) is 12.1. The maximum absolute atomic E-state index is 12.1. The molecule has 0 bridgehead atoms. The second kappa shape index (κ2) is 5.84. The van der Waals surface area contributed by atoms with Crippen molar-refractivity contribution in [1.82, 2.24) is 15.1 Å². The van der Waals surface area contributed by atoms with Crippen molar-refractivity contribution in [2.75, 3.05) is 6.54 Å². The molecule has 1 amide bonds. The van der Waals surface area contributed by atoms with E-state index in [1.165, 1.54) is 0 Å². The molecule has 2 N–H and O–H groups in total. The van der Waals surface area contributed by atoms with Crippen LogP contribution in [-0.2, 0) is 7.05 Å². The molecular weight excluding hydrogens is 242 g/mol. The molecule has 0 saturated heterocycles. The molecule has 2 rings (SSSR count). The summed E-state index contributed by atoms with van der Waals surface area (Å²) in [5, 5.41) is 17.1. The Morgan fingerprint density at radius 2 is 2.21 bits per heavy atom. The number of rotatable bonds is 5. The molecule has 1 heterocycles. The van der Waals surface area contributed by atoms with Crippen LogP contribution in [0.4, 0.5) is 0 Å². The topological polar surface area (TPSA) is 67.2 Å². The number of hydrogen-bond acceptors (Lipinski definition) is 3. The van der Waals surface area contributed by atoms with E-state index in [4.69, 9.17) is 5.11 Å². The average Bonchev–Trinajstić information content (AvgIpc) is 2.72. The molecule has 0 aliphatic heterocycles. The van der Waals surface area contributed by atoms with Crippen LogP contribution in [0.2, 0.25) is 0 Å². The Bertz CT molecular complexity index is 575. The van der Waals surface area contributed by atoms with Crippen molar-refractivity contribution >= 4 is 16.8 Å². The van der Waals surface area contributed by atoms with Gasteiger partial charge >= 0.3 is 0 Å². The lowest BCUT2D eigenvalue weighted by Crippen LogP contribution is -2.25. The maximum Gasteiger partial charge on any atom is 0.272 e. The van der Waals surface area contributed by atoms with Crippen molar-refractivity contribution in [3.8, 4) is 0 Å². The summed E-state index contributed by atoms with van der Waals surface area (Å²) in [5.74, 6) is -0.164. The van der Waals surface area contributed by atoms with E-state index in [0.29, 0.717) is 18.7 Å². The fourth-order valence-corrected chi connectivity index (χ4v) is 2.06. The van der Waals surface area contributed by atoms with E-state index >= 15 is 0 Å². The van der Waals surface area contributed by atoms with Gasteiger partial charge in [-0.15, -0.1) is 0 Å². The third kappa shape index (κ3) is 3.12. The van der Waals surface area contributed by atoms with Crippen LogP contribution < -0.4 is 5.32 Å². The van der Waals surface area contributed by atoms with Crippen LogP contribution in [0.5, 0.6) is 0 Å². The van der Waals surface area contributed by atoms with E-state index in [-0.39, 0.29) is 12.0 Å². The first-order valence-corrected chi connectivity index (χ1v) is 6.47. The first-order chi connectivity index (χ1) is 9.09. The fraction of sp³-hybridized carbons (Fsp3) is 0.429. The van der Waals surface area contributed by atoms with E-state index in [9.17, 15) is 4.79 Å². The summed E-state index contributed by atoms with van der Waals surface area (Å²) < 4.78 is 1.71. The number of carbonyl (C=O) groups excluding carboxylic acids is 1.